The highest BCUT2D eigenvalue weighted by molar-refractivity contribution is 6.44. The summed E-state index contributed by atoms with van der Waals surface area (Å²) in [6.07, 6.45) is 0.847. The van der Waals surface area contributed by atoms with Crippen LogP contribution >= 0.6 is 0 Å². The van der Waals surface area contributed by atoms with Gasteiger partial charge in [0.15, 0.2) is 0 Å². The van der Waals surface area contributed by atoms with Crippen LogP contribution in [0.15, 0.2) is 60.7 Å². The van der Waals surface area contributed by atoms with Crippen LogP contribution in [-0.4, -0.2) is 7.12 Å². The minimum atomic E-state index is -0.152. The van der Waals surface area contributed by atoms with Crippen molar-refractivity contribution in [3.8, 4) is 0 Å². The normalized spacial score (nSPS) is 10.4. The SMILES string of the molecule is CCB(OCc1ccccc1)OCc1ccccc1. The lowest BCUT2D eigenvalue weighted by Crippen LogP contribution is -2.21. The van der Waals surface area contributed by atoms with E-state index in [0.717, 1.165) is 6.32 Å². The van der Waals surface area contributed by atoms with Gasteiger partial charge in [0.2, 0.25) is 0 Å². The van der Waals surface area contributed by atoms with Gasteiger partial charge in [-0.15, -0.1) is 0 Å². The van der Waals surface area contributed by atoms with Crippen LogP contribution in [0.4, 0.5) is 0 Å². The topological polar surface area (TPSA) is 18.5 Å². The van der Waals surface area contributed by atoms with Crippen molar-refractivity contribution in [2.45, 2.75) is 26.5 Å². The van der Waals surface area contributed by atoms with Gasteiger partial charge in [0.1, 0.15) is 0 Å². The second kappa shape index (κ2) is 7.77. The van der Waals surface area contributed by atoms with Gasteiger partial charge in [0.25, 0.3) is 0 Å². The third kappa shape index (κ3) is 4.89. The fourth-order valence-electron chi connectivity index (χ4n) is 1.81. The Hall–Kier alpha value is -1.58. The second-order valence-corrected chi connectivity index (χ2v) is 4.43. The molecule has 0 saturated heterocycles. The summed E-state index contributed by atoms with van der Waals surface area (Å²) in [7, 11) is -0.152. The van der Waals surface area contributed by atoms with Crippen molar-refractivity contribution in [3.05, 3.63) is 71.8 Å². The Bertz CT molecular complexity index is 415. The molecule has 0 amide bonds. The molecule has 0 unspecified atom stereocenters. The van der Waals surface area contributed by atoms with Crippen molar-refractivity contribution in [3.63, 3.8) is 0 Å². The highest BCUT2D eigenvalue weighted by Gasteiger charge is 2.15. The lowest BCUT2D eigenvalue weighted by molar-refractivity contribution is 0.182. The maximum absolute atomic E-state index is 5.78. The number of rotatable bonds is 7. The molecule has 0 fully saturated rings. The molecule has 0 aliphatic carbocycles. The maximum Gasteiger partial charge on any atom is 0.457 e. The summed E-state index contributed by atoms with van der Waals surface area (Å²) >= 11 is 0. The molecule has 0 spiro atoms. The van der Waals surface area contributed by atoms with Crippen LogP contribution in [0.3, 0.4) is 0 Å². The van der Waals surface area contributed by atoms with Crippen molar-refractivity contribution in [2.24, 2.45) is 0 Å². The first-order valence-electron chi connectivity index (χ1n) is 6.69. The number of hydrogen-bond acceptors (Lipinski definition) is 2. The molecule has 2 aromatic rings. The van der Waals surface area contributed by atoms with E-state index in [1.807, 2.05) is 36.4 Å². The van der Waals surface area contributed by atoms with Crippen LogP contribution in [0.1, 0.15) is 18.1 Å². The first-order valence-corrected chi connectivity index (χ1v) is 6.69. The van der Waals surface area contributed by atoms with Crippen molar-refractivity contribution < 1.29 is 9.31 Å². The Labute approximate surface area is 115 Å². The standard InChI is InChI=1S/C16H19BO2/c1-2-17(18-13-15-9-5-3-6-10-15)19-14-16-11-7-4-8-12-16/h3-12H,2,13-14H2,1H3. The fourth-order valence-corrected chi connectivity index (χ4v) is 1.81. The average Bonchev–Trinajstić information content (AvgIpc) is 2.49. The zero-order chi connectivity index (χ0) is 13.3. The summed E-state index contributed by atoms with van der Waals surface area (Å²) in [6.45, 7) is 3.25. The molecule has 0 N–H and O–H groups in total. The minimum absolute atomic E-state index is 0.152. The molecule has 0 radical (unpaired) electrons. The first kappa shape index (κ1) is 13.8. The lowest BCUT2D eigenvalue weighted by atomic mass is 9.85. The van der Waals surface area contributed by atoms with Gasteiger partial charge in [-0.25, -0.2) is 0 Å². The molecule has 2 nitrogen and oxygen atoms in total. The predicted molar refractivity (Wildman–Crippen MR) is 78.7 cm³/mol. The van der Waals surface area contributed by atoms with E-state index in [0.29, 0.717) is 13.2 Å². The van der Waals surface area contributed by atoms with Gasteiger partial charge >= 0.3 is 7.12 Å². The van der Waals surface area contributed by atoms with E-state index in [1.165, 1.54) is 11.1 Å². The summed E-state index contributed by atoms with van der Waals surface area (Å²) in [5.74, 6) is 0. The van der Waals surface area contributed by atoms with Crippen LogP contribution in [0.5, 0.6) is 0 Å². The smallest absolute Gasteiger partial charge is 0.407 e. The third-order valence-corrected chi connectivity index (χ3v) is 2.89. The third-order valence-electron chi connectivity index (χ3n) is 2.89. The zero-order valence-corrected chi connectivity index (χ0v) is 11.3. The van der Waals surface area contributed by atoms with Crippen molar-refractivity contribution in [2.75, 3.05) is 0 Å². The Morgan fingerprint density at radius 3 is 1.53 bits per heavy atom. The Morgan fingerprint density at radius 1 is 0.737 bits per heavy atom. The van der Waals surface area contributed by atoms with Crippen LogP contribution in [0.2, 0.25) is 6.32 Å². The van der Waals surface area contributed by atoms with Gasteiger partial charge in [0, 0.05) is 0 Å². The van der Waals surface area contributed by atoms with Crippen LogP contribution in [0, 0.1) is 0 Å². The van der Waals surface area contributed by atoms with Gasteiger partial charge in [-0.3, -0.25) is 0 Å². The van der Waals surface area contributed by atoms with Crippen LogP contribution in [0.25, 0.3) is 0 Å². The summed E-state index contributed by atoms with van der Waals surface area (Å²) in [5.41, 5.74) is 2.34. The predicted octanol–water partition coefficient (Wildman–Crippen LogP) is 3.93. The van der Waals surface area contributed by atoms with Crippen molar-refractivity contribution >= 4 is 7.12 Å². The van der Waals surface area contributed by atoms with E-state index >= 15 is 0 Å². The molecule has 0 saturated carbocycles. The largest absolute Gasteiger partial charge is 0.457 e. The van der Waals surface area contributed by atoms with Crippen molar-refractivity contribution in [1.82, 2.24) is 0 Å². The quantitative estimate of drug-likeness (QED) is 0.697. The summed E-state index contributed by atoms with van der Waals surface area (Å²) < 4.78 is 11.6. The Morgan fingerprint density at radius 2 is 1.16 bits per heavy atom. The van der Waals surface area contributed by atoms with Crippen LogP contribution in [-0.2, 0) is 22.5 Å². The molecule has 98 valence electrons. The van der Waals surface area contributed by atoms with E-state index in [2.05, 4.69) is 31.2 Å². The maximum atomic E-state index is 5.78. The van der Waals surface area contributed by atoms with Crippen molar-refractivity contribution in [1.29, 1.82) is 0 Å². The van der Waals surface area contributed by atoms with Crippen LogP contribution < -0.4 is 0 Å². The molecular weight excluding hydrogens is 235 g/mol. The molecule has 2 rings (SSSR count). The summed E-state index contributed by atoms with van der Waals surface area (Å²) in [6, 6.07) is 20.3. The molecule has 0 aliphatic rings. The highest BCUT2D eigenvalue weighted by Crippen LogP contribution is 2.08. The fraction of sp³-hybridized carbons (Fsp3) is 0.250. The highest BCUT2D eigenvalue weighted by atomic mass is 16.6. The molecular formula is C16H19BO2. The van der Waals surface area contributed by atoms with E-state index in [-0.39, 0.29) is 7.12 Å². The molecule has 0 heterocycles. The average molecular weight is 254 g/mol. The van der Waals surface area contributed by atoms with E-state index in [1.54, 1.807) is 0 Å². The molecule has 0 aromatic heterocycles. The molecule has 3 heteroatoms. The monoisotopic (exact) mass is 254 g/mol. The Kier molecular flexibility index (Phi) is 5.66. The second-order valence-electron chi connectivity index (χ2n) is 4.43. The number of hydrogen-bond donors (Lipinski definition) is 0. The molecule has 0 atom stereocenters. The molecule has 0 bridgehead atoms. The lowest BCUT2D eigenvalue weighted by Gasteiger charge is -2.13. The molecule has 0 aliphatic heterocycles. The summed E-state index contributed by atoms with van der Waals surface area (Å²) in [4.78, 5) is 0. The van der Waals surface area contributed by atoms with Gasteiger partial charge < -0.3 is 9.31 Å². The van der Waals surface area contributed by atoms with E-state index in [9.17, 15) is 0 Å². The molecule has 2 aromatic carbocycles. The van der Waals surface area contributed by atoms with Gasteiger partial charge in [-0.05, 0) is 17.4 Å². The van der Waals surface area contributed by atoms with Gasteiger partial charge in [-0.2, -0.15) is 0 Å². The summed E-state index contributed by atoms with van der Waals surface area (Å²) in [5, 5.41) is 0. The number of benzene rings is 2. The Balaban J connectivity index is 1.77. The van der Waals surface area contributed by atoms with E-state index < -0.39 is 0 Å². The molecule has 19 heavy (non-hydrogen) atoms. The zero-order valence-electron chi connectivity index (χ0n) is 11.3. The minimum Gasteiger partial charge on any atom is -0.407 e. The van der Waals surface area contributed by atoms with Gasteiger partial charge in [-0.1, -0.05) is 67.6 Å². The first-order chi connectivity index (χ1) is 9.38. The van der Waals surface area contributed by atoms with E-state index in [4.69, 9.17) is 9.31 Å². The van der Waals surface area contributed by atoms with Gasteiger partial charge in [0.05, 0.1) is 13.2 Å².